The Bertz CT molecular complexity index is 400. The van der Waals surface area contributed by atoms with E-state index in [2.05, 4.69) is 9.44 Å². The van der Waals surface area contributed by atoms with Gasteiger partial charge in [0.1, 0.15) is 0 Å². The van der Waals surface area contributed by atoms with Crippen molar-refractivity contribution in [1.29, 1.82) is 0 Å². The van der Waals surface area contributed by atoms with Crippen LogP contribution in [0.3, 0.4) is 0 Å². The molecule has 6 nitrogen and oxygen atoms in total. The molecule has 0 saturated heterocycles. The topological polar surface area (TPSA) is 95.5 Å². The molecular weight excluding hydrogens is 256 g/mol. The van der Waals surface area contributed by atoms with Crippen LogP contribution in [0.25, 0.3) is 0 Å². The Hall–Kier alpha value is -0.660. The van der Waals surface area contributed by atoms with Gasteiger partial charge in [0.05, 0.1) is 5.92 Å². The minimum absolute atomic E-state index is 0.292. The van der Waals surface area contributed by atoms with E-state index in [4.69, 9.17) is 5.11 Å². The molecule has 1 aliphatic rings. The summed E-state index contributed by atoms with van der Waals surface area (Å²) in [5, 5.41) is 8.95. The van der Waals surface area contributed by atoms with E-state index >= 15 is 0 Å². The second-order valence-electron chi connectivity index (χ2n) is 5.87. The van der Waals surface area contributed by atoms with Gasteiger partial charge in [-0.15, -0.1) is 0 Å². The Morgan fingerprint density at radius 3 is 2.39 bits per heavy atom. The number of nitrogens with one attached hydrogen (secondary N) is 2. The molecule has 0 aromatic heterocycles. The fourth-order valence-electron chi connectivity index (χ4n) is 2.17. The molecule has 1 saturated carbocycles. The Kier molecular flexibility index (Phi) is 4.74. The molecule has 1 rings (SSSR count). The van der Waals surface area contributed by atoms with Crippen molar-refractivity contribution >= 4 is 16.2 Å². The van der Waals surface area contributed by atoms with Crippen molar-refractivity contribution in [3.63, 3.8) is 0 Å². The standard InChI is InChI=1S/C11H22N2O4S/c1-11(2,3)13-18(16,17)12-9-6-4-5-8(7-9)10(14)15/h8-9,12-13H,4-7H2,1-3H3,(H,14,15). The fraction of sp³-hybridized carbons (Fsp3) is 0.909. The molecule has 0 radical (unpaired) electrons. The maximum Gasteiger partial charge on any atom is 0.306 e. The van der Waals surface area contributed by atoms with Crippen LogP contribution in [0.15, 0.2) is 0 Å². The summed E-state index contributed by atoms with van der Waals surface area (Å²) in [6, 6.07) is -0.292. The molecule has 1 fully saturated rings. The van der Waals surface area contributed by atoms with Crippen molar-refractivity contribution < 1.29 is 18.3 Å². The van der Waals surface area contributed by atoms with E-state index in [9.17, 15) is 13.2 Å². The Balaban J connectivity index is 2.59. The van der Waals surface area contributed by atoms with Crippen LogP contribution < -0.4 is 9.44 Å². The molecule has 0 amide bonds. The zero-order valence-electron chi connectivity index (χ0n) is 11.1. The van der Waals surface area contributed by atoms with Crippen LogP contribution in [-0.4, -0.2) is 31.1 Å². The van der Waals surface area contributed by atoms with Gasteiger partial charge in [-0.3, -0.25) is 4.79 Å². The number of aliphatic carboxylic acids is 1. The first kappa shape index (κ1) is 15.4. The summed E-state index contributed by atoms with van der Waals surface area (Å²) in [7, 11) is -3.58. The third-order valence-corrected chi connectivity index (χ3v) is 4.31. The maximum absolute atomic E-state index is 11.8. The number of rotatable bonds is 4. The Morgan fingerprint density at radius 2 is 1.89 bits per heavy atom. The quantitative estimate of drug-likeness (QED) is 0.710. The molecule has 0 heterocycles. The van der Waals surface area contributed by atoms with Crippen LogP contribution in [0.1, 0.15) is 46.5 Å². The van der Waals surface area contributed by atoms with Crippen molar-refractivity contribution in [2.75, 3.05) is 0 Å². The highest BCUT2D eigenvalue weighted by molar-refractivity contribution is 7.87. The lowest BCUT2D eigenvalue weighted by molar-refractivity contribution is -0.143. The first-order chi connectivity index (χ1) is 8.09. The predicted molar refractivity (Wildman–Crippen MR) is 68.3 cm³/mol. The highest BCUT2D eigenvalue weighted by atomic mass is 32.2. The van der Waals surface area contributed by atoms with Gasteiger partial charge in [0.2, 0.25) is 0 Å². The lowest BCUT2D eigenvalue weighted by atomic mass is 9.86. The molecule has 7 heteroatoms. The normalized spacial score (nSPS) is 25.9. The number of carboxylic acids is 1. The van der Waals surface area contributed by atoms with Gasteiger partial charge < -0.3 is 5.11 Å². The smallest absolute Gasteiger partial charge is 0.306 e. The van der Waals surface area contributed by atoms with E-state index in [1.54, 1.807) is 20.8 Å². The van der Waals surface area contributed by atoms with Crippen LogP contribution in [0.5, 0.6) is 0 Å². The molecule has 0 bridgehead atoms. The van der Waals surface area contributed by atoms with Gasteiger partial charge in [0, 0.05) is 11.6 Å². The van der Waals surface area contributed by atoms with Gasteiger partial charge in [-0.25, -0.2) is 0 Å². The average Bonchev–Trinajstić information content (AvgIpc) is 2.12. The second-order valence-corrected chi connectivity index (χ2v) is 7.32. The number of carboxylic acid groups (broad SMARTS) is 1. The van der Waals surface area contributed by atoms with Crippen LogP contribution in [0.2, 0.25) is 0 Å². The first-order valence-electron chi connectivity index (χ1n) is 6.13. The largest absolute Gasteiger partial charge is 0.481 e. The summed E-state index contributed by atoms with van der Waals surface area (Å²) in [6.45, 7) is 5.27. The molecule has 0 aromatic carbocycles. The van der Waals surface area contributed by atoms with E-state index in [-0.39, 0.29) is 6.04 Å². The van der Waals surface area contributed by atoms with Gasteiger partial charge in [-0.05, 0) is 40.0 Å². The predicted octanol–water partition coefficient (Wildman–Crippen LogP) is 0.852. The Labute approximate surface area is 108 Å². The van der Waals surface area contributed by atoms with E-state index in [1.807, 2.05) is 0 Å². The van der Waals surface area contributed by atoms with Crippen molar-refractivity contribution in [3.05, 3.63) is 0 Å². The van der Waals surface area contributed by atoms with Gasteiger partial charge in [-0.1, -0.05) is 6.42 Å². The van der Waals surface area contributed by atoms with E-state index < -0.39 is 27.6 Å². The molecule has 1 aliphatic carbocycles. The van der Waals surface area contributed by atoms with E-state index in [0.717, 1.165) is 6.42 Å². The van der Waals surface area contributed by atoms with Crippen LogP contribution >= 0.6 is 0 Å². The maximum atomic E-state index is 11.8. The Morgan fingerprint density at radius 1 is 1.28 bits per heavy atom. The molecular formula is C11H22N2O4S. The third-order valence-electron chi connectivity index (χ3n) is 2.79. The third kappa shape index (κ3) is 5.32. The molecule has 106 valence electrons. The zero-order valence-corrected chi connectivity index (χ0v) is 11.9. The minimum atomic E-state index is -3.58. The molecule has 2 unspecified atom stereocenters. The summed E-state index contributed by atoms with van der Waals surface area (Å²) in [4.78, 5) is 10.9. The lowest BCUT2D eigenvalue weighted by Crippen LogP contribution is -2.51. The minimum Gasteiger partial charge on any atom is -0.481 e. The van der Waals surface area contributed by atoms with Crippen molar-refractivity contribution in [2.24, 2.45) is 5.92 Å². The molecule has 0 aliphatic heterocycles. The number of carbonyl (C=O) groups is 1. The SMILES string of the molecule is CC(C)(C)NS(=O)(=O)NC1CCCC(C(=O)O)C1. The lowest BCUT2D eigenvalue weighted by Gasteiger charge is -2.29. The van der Waals surface area contributed by atoms with Crippen molar-refractivity contribution in [3.8, 4) is 0 Å². The summed E-state index contributed by atoms with van der Waals surface area (Å²) in [6.07, 6.45) is 2.41. The van der Waals surface area contributed by atoms with Crippen LogP contribution in [-0.2, 0) is 15.0 Å². The molecule has 3 N–H and O–H groups in total. The van der Waals surface area contributed by atoms with Crippen molar-refractivity contribution in [2.45, 2.75) is 58.0 Å². The monoisotopic (exact) mass is 278 g/mol. The summed E-state index contributed by atoms with van der Waals surface area (Å²) >= 11 is 0. The molecule has 2 atom stereocenters. The number of hydrogen-bond donors (Lipinski definition) is 3. The zero-order chi connectivity index (χ0) is 14.0. The van der Waals surface area contributed by atoms with Gasteiger partial charge >= 0.3 is 5.97 Å². The van der Waals surface area contributed by atoms with Gasteiger partial charge in [-0.2, -0.15) is 17.9 Å². The summed E-state index contributed by atoms with van der Waals surface area (Å²) in [5.41, 5.74) is -0.549. The van der Waals surface area contributed by atoms with Gasteiger partial charge in [0.15, 0.2) is 0 Å². The highest BCUT2D eigenvalue weighted by Crippen LogP contribution is 2.24. The summed E-state index contributed by atoms with van der Waals surface area (Å²) in [5.74, 6) is -1.29. The van der Waals surface area contributed by atoms with E-state index in [1.165, 1.54) is 0 Å². The average molecular weight is 278 g/mol. The molecule has 18 heavy (non-hydrogen) atoms. The van der Waals surface area contributed by atoms with Crippen LogP contribution in [0.4, 0.5) is 0 Å². The fourth-order valence-corrected chi connectivity index (χ4v) is 3.69. The van der Waals surface area contributed by atoms with Crippen LogP contribution in [0, 0.1) is 5.92 Å². The number of hydrogen-bond acceptors (Lipinski definition) is 3. The summed E-state index contributed by atoms with van der Waals surface area (Å²) < 4.78 is 28.7. The van der Waals surface area contributed by atoms with E-state index in [0.29, 0.717) is 19.3 Å². The molecule has 0 spiro atoms. The van der Waals surface area contributed by atoms with Gasteiger partial charge in [0.25, 0.3) is 10.2 Å². The molecule has 0 aromatic rings. The highest BCUT2D eigenvalue weighted by Gasteiger charge is 2.30. The second kappa shape index (κ2) is 5.54. The first-order valence-corrected chi connectivity index (χ1v) is 7.61. The van der Waals surface area contributed by atoms with Crippen molar-refractivity contribution in [1.82, 2.24) is 9.44 Å².